The van der Waals surface area contributed by atoms with E-state index in [1.54, 1.807) is 45.3 Å². The predicted molar refractivity (Wildman–Crippen MR) is 61.6 cm³/mol. The van der Waals surface area contributed by atoms with Gasteiger partial charge in [-0.2, -0.15) is 0 Å². The fourth-order valence-electron chi connectivity index (χ4n) is 1.43. The van der Waals surface area contributed by atoms with Crippen LogP contribution in [0.25, 0.3) is 0 Å². The van der Waals surface area contributed by atoms with Crippen molar-refractivity contribution in [3.8, 4) is 5.75 Å². The van der Waals surface area contributed by atoms with Crippen molar-refractivity contribution in [1.29, 1.82) is 0 Å². The molecule has 0 saturated heterocycles. The first-order valence-corrected chi connectivity index (χ1v) is 5.12. The van der Waals surface area contributed by atoms with E-state index in [9.17, 15) is 9.90 Å². The summed E-state index contributed by atoms with van der Waals surface area (Å²) in [6.45, 7) is 1.97. The molecule has 1 atom stereocenters. The van der Waals surface area contributed by atoms with Gasteiger partial charge in [0.15, 0.2) is 0 Å². The van der Waals surface area contributed by atoms with E-state index in [1.807, 2.05) is 0 Å². The maximum atomic E-state index is 11.9. The van der Waals surface area contributed by atoms with E-state index in [4.69, 9.17) is 4.74 Å². The van der Waals surface area contributed by atoms with Crippen molar-refractivity contribution < 1.29 is 14.6 Å². The summed E-state index contributed by atoms with van der Waals surface area (Å²) in [6, 6.07) is 6.90. The molecule has 0 heterocycles. The molecule has 1 unspecified atom stereocenters. The number of benzene rings is 1. The SMILES string of the molecule is COc1ccc(C(=O)N(C)CC(C)O)cc1. The Morgan fingerprint density at radius 2 is 2.00 bits per heavy atom. The van der Waals surface area contributed by atoms with E-state index in [0.29, 0.717) is 12.1 Å². The Balaban J connectivity index is 2.72. The standard InChI is InChI=1S/C12H17NO3/c1-9(14)8-13(2)12(15)10-4-6-11(16-3)7-5-10/h4-7,9,14H,8H2,1-3H3. The Hall–Kier alpha value is -1.55. The molecule has 1 N–H and O–H groups in total. The molecule has 0 spiro atoms. The molecule has 16 heavy (non-hydrogen) atoms. The zero-order valence-corrected chi connectivity index (χ0v) is 9.80. The first-order chi connectivity index (χ1) is 7.54. The Bertz CT molecular complexity index is 346. The zero-order valence-electron chi connectivity index (χ0n) is 9.80. The largest absolute Gasteiger partial charge is 0.497 e. The quantitative estimate of drug-likeness (QED) is 0.833. The topological polar surface area (TPSA) is 49.8 Å². The highest BCUT2D eigenvalue weighted by Crippen LogP contribution is 2.12. The van der Waals surface area contributed by atoms with Crippen LogP contribution in [-0.4, -0.2) is 42.7 Å². The van der Waals surface area contributed by atoms with Gasteiger partial charge in [-0.3, -0.25) is 4.79 Å². The third-order valence-electron chi connectivity index (χ3n) is 2.22. The minimum atomic E-state index is -0.521. The summed E-state index contributed by atoms with van der Waals surface area (Å²) in [5, 5.41) is 9.19. The Labute approximate surface area is 95.5 Å². The van der Waals surface area contributed by atoms with Crippen molar-refractivity contribution in [3.63, 3.8) is 0 Å². The summed E-state index contributed by atoms with van der Waals surface area (Å²) >= 11 is 0. The van der Waals surface area contributed by atoms with Gasteiger partial charge in [0.05, 0.1) is 13.2 Å². The maximum absolute atomic E-state index is 11.9. The third kappa shape index (κ3) is 3.24. The fraction of sp³-hybridized carbons (Fsp3) is 0.417. The highest BCUT2D eigenvalue weighted by molar-refractivity contribution is 5.94. The van der Waals surface area contributed by atoms with Crippen molar-refractivity contribution >= 4 is 5.91 Å². The van der Waals surface area contributed by atoms with Crippen molar-refractivity contribution in [2.24, 2.45) is 0 Å². The molecule has 0 bridgehead atoms. The molecule has 1 rings (SSSR count). The number of methoxy groups -OCH3 is 1. The second kappa shape index (κ2) is 5.51. The van der Waals surface area contributed by atoms with Gasteiger partial charge in [0.1, 0.15) is 5.75 Å². The summed E-state index contributed by atoms with van der Waals surface area (Å²) in [5.74, 6) is 0.610. The molecule has 0 saturated carbocycles. The first kappa shape index (κ1) is 12.5. The minimum Gasteiger partial charge on any atom is -0.497 e. The van der Waals surface area contributed by atoms with E-state index >= 15 is 0 Å². The number of carbonyl (C=O) groups is 1. The molecular formula is C12H17NO3. The summed E-state index contributed by atoms with van der Waals surface area (Å²) in [5.41, 5.74) is 0.587. The van der Waals surface area contributed by atoms with Crippen molar-refractivity contribution in [3.05, 3.63) is 29.8 Å². The Kier molecular flexibility index (Phi) is 4.31. The molecule has 0 aliphatic heterocycles. The zero-order chi connectivity index (χ0) is 12.1. The predicted octanol–water partition coefficient (Wildman–Crippen LogP) is 1.15. The van der Waals surface area contributed by atoms with Crippen molar-refractivity contribution in [2.45, 2.75) is 13.0 Å². The number of ether oxygens (including phenoxy) is 1. The molecule has 0 fully saturated rings. The van der Waals surface area contributed by atoms with Gasteiger partial charge >= 0.3 is 0 Å². The van der Waals surface area contributed by atoms with Crippen molar-refractivity contribution in [2.75, 3.05) is 20.7 Å². The lowest BCUT2D eigenvalue weighted by molar-refractivity contribution is 0.0703. The molecule has 4 heteroatoms. The van der Waals surface area contributed by atoms with Gasteiger partial charge in [-0.05, 0) is 31.2 Å². The number of aliphatic hydroxyl groups excluding tert-OH is 1. The number of nitrogens with zero attached hydrogens (tertiary/aromatic N) is 1. The van der Waals surface area contributed by atoms with Gasteiger partial charge in [-0.25, -0.2) is 0 Å². The summed E-state index contributed by atoms with van der Waals surface area (Å²) < 4.78 is 5.01. The van der Waals surface area contributed by atoms with Gasteiger partial charge in [-0.1, -0.05) is 0 Å². The molecule has 0 aliphatic rings. The lowest BCUT2D eigenvalue weighted by Crippen LogP contribution is -2.32. The molecule has 1 aromatic rings. The van der Waals surface area contributed by atoms with Crippen molar-refractivity contribution in [1.82, 2.24) is 4.90 Å². The van der Waals surface area contributed by atoms with Gasteiger partial charge in [0, 0.05) is 19.2 Å². The van der Waals surface area contributed by atoms with E-state index < -0.39 is 6.10 Å². The van der Waals surface area contributed by atoms with E-state index in [-0.39, 0.29) is 5.91 Å². The van der Waals surface area contributed by atoms with Crippen LogP contribution in [0.1, 0.15) is 17.3 Å². The molecule has 0 radical (unpaired) electrons. The molecule has 0 aliphatic carbocycles. The van der Waals surface area contributed by atoms with Crippen LogP contribution in [0.15, 0.2) is 24.3 Å². The summed E-state index contributed by atoms with van der Waals surface area (Å²) in [7, 11) is 3.25. The van der Waals surface area contributed by atoms with Gasteiger partial charge in [-0.15, -0.1) is 0 Å². The molecule has 88 valence electrons. The Morgan fingerprint density at radius 3 is 2.44 bits per heavy atom. The monoisotopic (exact) mass is 223 g/mol. The smallest absolute Gasteiger partial charge is 0.253 e. The minimum absolute atomic E-state index is 0.108. The first-order valence-electron chi connectivity index (χ1n) is 5.12. The Morgan fingerprint density at radius 1 is 1.44 bits per heavy atom. The number of likely N-dealkylation sites (N-methyl/N-ethyl adjacent to an activating group) is 1. The fourth-order valence-corrected chi connectivity index (χ4v) is 1.43. The maximum Gasteiger partial charge on any atom is 0.253 e. The number of hydrogen-bond donors (Lipinski definition) is 1. The second-order valence-electron chi connectivity index (χ2n) is 3.76. The van der Waals surface area contributed by atoms with Gasteiger partial charge in [0.25, 0.3) is 5.91 Å². The van der Waals surface area contributed by atoms with Crippen LogP contribution in [-0.2, 0) is 0 Å². The number of carbonyl (C=O) groups excluding carboxylic acids is 1. The van der Waals surface area contributed by atoms with Crippen LogP contribution >= 0.6 is 0 Å². The highest BCUT2D eigenvalue weighted by atomic mass is 16.5. The van der Waals surface area contributed by atoms with Crippen LogP contribution in [0.4, 0.5) is 0 Å². The molecular weight excluding hydrogens is 206 g/mol. The molecule has 1 amide bonds. The lowest BCUT2D eigenvalue weighted by atomic mass is 10.2. The van der Waals surface area contributed by atoms with Crippen LogP contribution < -0.4 is 4.74 Å². The van der Waals surface area contributed by atoms with Crippen LogP contribution in [0, 0.1) is 0 Å². The number of amides is 1. The molecule has 0 aromatic heterocycles. The van der Waals surface area contributed by atoms with Crippen LogP contribution in [0.2, 0.25) is 0 Å². The number of rotatable bonds is 4. The van der Waals surface area contributed by atoms with Gasteiger partial charge < -0.3 is 14.7 Å². The highest BCUT2D eigenvalue weighted by Gasteiger charge is 2.12. The summed E-state index contributed by atoms with van der Waals surface area (Å²) in [6.07, 6.45) is -0.521. The van der Waals surface area contributed by atoms with E-state index in [2.05, 4.69) is 0 Å². The van der Waals surface area contributed by atoms with E-state index in [0.717, 1.165) is 5.75 Å². The lowest BCUT2D eigenvalue weighted by Gasteiger charge is -2.18. The molecule has 4 nitrogen and oxygen atoms in total. The number of aliphatic hydroxyl groups is 1. The second-order valence-corrected chi connectivity index (χ2v) is 3.76. The van der Waals surface area contributed by atoms with Crippen LogP contribution in [0.3, 0.4) is 0 Å². The average Bonchev–Trinajstić information content (AvgIpc) is 2.27. The average molecular weight is 223 g/mol. The normalized spacial score (nSPS) is 12.0. The van der Waals surface area contributed by atoms with E-state index in [1.165, 1.54) is 4.90 Å². The van der Waals surface area contributed by atoms with Crippen LogP contribution in [0.5, 0.6) is 5.75 Å². The summed E-state index contributed by atoms with van der Waals surface area (Å²) in [4.78, 5) is 13.3. The third-order valence-corrected chi connectivity index (χ3v) is 2.22. The molecule has 1 aromatic carbocycles. The number of hydrogen-bond acceptors (Lipinski definition) is 3. The van der Waals surface area contributed by atoms with Gasteiger partial charge in [0.2, 0.25) is 0 Å².